The zero-order chi connectivity index (χ0) is 16.1. The fraction of sp³-hybridized carbons (Fsp3) is 0.316. The molecule has 3 rings (SSSR count). The zero-order valence-corrected chi connectivity index (χ0v) is 13.3. The molecule has 0 radical (unpaired) electrons. The van der Waals surface area contributed by atoms with Gasteiger partial charge in [-0.2, -0.15) is 0 Å². The molecule has 0 aliphatic carbocycles. The van der Waals surface area contributed by atoms with Crippen molar-refractivity contribution in [3.8, 4) is 11.5 Å². The second-order valence-electron chi connectivity index (χ2n) is 5.66. The first-order valence-corrected chi connectivity index (χ1v) is 7.89. The normalized spacial score (nSPS) is 12.9. The maximum atomic E-state index is 12.2. The summed E-state index contributed by atoms with van der Waals surface area (Å²) in [4.78, 5) is 12.2. The maximum absolute atomic E-state index is 12.2. The van der Waals surface area contributed by atoms with Crippen molar-refractivity contribution >= 4 is 5.91 Å². The van der Waals surface area contributed by atoms with Gasteiger partial charge in [0.1, 0.15) is 11.5 Å². The molecule has 23 heavy (non-hydrogen) atoms. The minimum atomic E-state index is 0.00702. The molecular formula is C19H21NO3. The van der Waals surface area contributed by atoms with E-state index in [0.717, 1.165) is 42.1 Å². The third kappa shape index (κ3) is 3.83. The Balaban J connectivity index is 1.59. The van der Waals surface area contributed by atoms with E-state index in [1.807, 2.05) is 36.4 Å². The largest absolute Gasteiger partial charge is 0.496 e. The SMILES string of the molecule is COc1ccccc1CNC(=O)Cc1ccc2c(c1)CCCO2. The lowest BCUT2D eigenvalue weighted by Crippen LogP contribution is -2.24. The van der Waals surface area contributed by atoms with E-state index in [2.05, 4.69) is 11.4 Å². The van der Waals surface area contributed by atoms with Gasteiger partial charge in [-0.05, 0) is 36.1 Å². The molecule has 2 aromatic carbocycles. The van der Waals surface area contributed by atoms with E-state index < -0.39 is 0 Å². The molecule has 4 nitrogen and oxygen atoms in total. The standard InChI is InChI=1S/C19H21NO3/c1-22-17-7-3-2-5-16(17)13-20-19(21)12-14-8-9-18-15(11-14)6-4-10-23-18/h2-3,5,7-9,11H,4,6,10,12-13H2,1H3,(H,20,21). The van der Waals surface area contributed by atoms with E-state index in [9.17, 15) is 4.79 Å². The number of benzene rings is 2. The minimum Gasteiger partial charge on any atom is -0.496 e. The van der Waals surface area contributed by atoms with Crippen molar-refractivity contribution in [3.63, 3.8) is 0 Å². The topological polar surface area (TPSA) is 47.6 Å². The summed E-state index contributed by atoms with van der Waals surface area (Å²) >= 11 is 0. The van der Waals surface area contributed by atoms with Crippen molar-refractivity contribution in [2.24, 2.45) is 0 Å². The summed E-state index contributed by atoms with van der Waals surface area (Å²) in [5.74, 6) is 1.75. The van der Waals surface area contributed by atoms with Gasteiger partial charge < -0.3 is 14.8 Å². The molecule has 4 heteroatoms. The minimum absolute atomic E-state index is 0.00702. The van der Waals surface area contributed by atoms with Crippen LogP contribution in [0.2, 0.25) is 0 Å². The Morgan fingerprint density at radius 3 is 3.00 bits per heavy atom. The quantitative estimate of drug-likeness (QED) is 0.923. The summed E-state index contributed by atoms with van der Waals surface area (Å²) in [6.45, 7) is 1.25. The molecule has 0 saturated heterocycles. The molecule has 1 N–H and O–H groups in total. The van der Waals surface area contributed by atoms with Crippen LogP contribution in [0.4, 0.5) is 0 Å². The predicted octanol–water partition coefficient (Wildman–Crippen LogP) is 2.88. The summed E-state index contributed by atoms with van der Waals surface area (Å²) in [6.07, 6.45) is 2.44. The predicted molar refractivity (Wildman–Crippen MR) is 88.8 cm³/mol. The van der Waals surface area contributed by atoms with E-state index in [-0.39, 0.29) is 5.91 Å². The Morgan fingerprint density at radius 2 is 2.13 bits per heavy atom. The maximum Gasteiger partial charge on any atom is 0.224 e. The molecule has 0 fully saturated rings. The number of para-hydroxylation sites is 1. The molecule has 120 valence electrons. The van der Waals surface area contributed by atoms with Crippen LogP contribution in [0.3, 0.4) is 0 Å². The van der Waals surface area contributed by atoms with Gasteiger partial charge in [0, 0.05) is 12.1 Å². The van der Waals surface area contributed by atoms with Crippen LogP contribution < -0.4 is 14.8 Å². The summed E-state index contributed by atoms with van der Waals surface area (Å²) in [5, 5.41) is 2.95. The fourth-order valence-corrected chi connectivity index (χ4v) is 2.81. The summed E-state index contributed by atoms with van der Waals surface area (Å²) in [5.41, 5.74) is 3.19. The van der Waals surface area contributed by atoms with Gasteiger partial charge in [0.15, 0.2) is 0 Å². The van der Waals surface area contributed by atoms with Crippen molar-refractivity contribution < 1.29 is 14.3 Å². The number of methoxy groups -OCH3 is 1. The van der Waals surface area contributed by atoms with Crippen molar-refractivity contribution in [2.45, 2.75) is 25.8 Å². The molecular weight excluding hydrogens is 290 g/mol. The van der Waals surface area contributed by atoms with Crippen molar-refractivity contribution in [1.29, 1.82) is 0 Å². The molecule has 2 aromatic rings. The van der Waals surface area contributed by atoms with Crippen molar-refractivity contribution in [2.75, 3.05) is 13.7 Å². The molecule has 1 heterocycles. The van der Waals surface area contributed by atoms with Crippen LogP contribution in [0.15, 0.2) is 42.5 Å². The first-order chi connectivity index (χ1) is 11.3. The Hall–Kier alpha value is -2.49. The highest BCUT2D eigenvalue weighted by molar-refractivity contribution is 5.78. The molecule has 0 unspecified atom stereocenters. The third-order valence-electron chi connectivity index (χ3n) is 4.01. The van der Waals surface area contributed by atoms with E-state index in [4.69, 9.17) is 9.47 Å². The summed E-state index contributed by atoms with van der Waals surface area (Å²) in [7, 11) is 1.63. The third-order valence-corrected chi connectivity index (χ3v) is 4.01. The first kappa shape index (κ1) is 15.4. The number of aryl methyl sites for hydroxylation is 1. The molecule has 0 spiro atoms. The molecule has 0 saturated carbocycles. The van der Waals surface area contributed by atoms with Crippen LogP contribution in [0, 0.1) is 0 Å². The van der Waals surface area contributed by atoms with Gasteiger partial charge in [-0.15, -0.1) is 0 Å². The zero-order valence-electron chi connectivity index (χ0n) is 13.3. The lowest BCUT2D eigenvalue weighted by Gasteiger charge is -2.17. The number of ether oxygens (including phenoxy) is 2. The van der Waals surface area contributed by atoms with Crippen LogP contribution in [-0.2, 0) is 24.2 Å². The second-order valence-corrected chi connectivity index (χ2v) is 5.66. The number of rotatable bonds is 5. The van der Waals surface area contributed by atoms with E-state index in [1.54, 1.807) is 7.11 Å². The smallest absolute Gasteiger partial charge is 0.224 e. The Kier molecular flexibility index (Phi) is 4.81. The average molecular weight is 311 g/mol. The summed E-state index contributed by atoms with van der Waals surface area (Å²) in [6, 6.07) is 13.7. The number of fused-ring (bicyclic) bond motifs is 1. The first-order valence-electron chi connectivity index (χ1n) is 7.89. The average Bonchev–Trinajstić information content (AvgIpc) is 2.60. The van der Waals surface area contributed by atoms with Gasteiger partial charge in [0.05, 0.1) is 20.1 Å². The molecule has 1 aliphatic heterocycles. The van der Waals surface area contributed by atoms with Gasteiger partial charge in [0.2, 0.25) is 5.91 Å². The van der Waals surface area contributed by atoms with Gasteiger partial charge in [-0.3, -0.25) is 4.79 Å². The monoisotopic (exact) mass is 311 g/mol. The lowest BCUT2D eigenvalue weighted by molar-refractivity contribution is -0.120. The fourth-order valence-electron chi connectivity index (χ4n) is 2.81. The molecule has 1 aliphatic rings. The number of hydrogen-bond donors (Lipinski definition) is 1. The van der Waals surface area contributed by atoms with Crippen LogP contribution in [0.5, 0.6) is 11.5 Å². The lowest BCUT2D eigenvalue weighted by atomic mass is 10.0. The Morgan fingerprint density at radius 1 is 1.26 bits per heavy atom. The number of hydrogen-bond acceptors (Lipinski definition) is 3. The van der Waals surface area contributed by atoms with E-state index >= 15 is 0 Å². The molecule has 0 aromatic heterocycles. The van der Waals surface area contributed by atoms with E-state index in [0.29, 0.717) is 13.0 Å². The second kappa shape index (κ2) is 7.18. The molecule has 0 atom stereocenters. The van der Waals surface area contributed by atoms with Crippen LogP contribution in [-0.4, -0.2) is 19.6 Å². The Bertz CT molecular complexity index is 697. The number of carbonyl (C=O) groups excluding carboxylic acids is 1. The van der Waals surface area contributed by atoms with Crippen molar-refractivity contribution in [3.05, 3.63) is 59.2 Å². The van der Waals surface area contributed by atoms with Gasteiger partial charge >= 0.3 is 0 Å². The van der Waals surface area contributed by atoms with Gasteiger partial charge in [0.25, 0.3) is 0 Å². The van der Waals surface area contributed by atoms with Gasteiger partial charge in [-0.25, -0.2) is 0 Å². The van der Waals surface area contributed by atoms with Crippen LogP contribution in [0.25, 0.3) is 0 Å². The summed E-state index contributed by atoms with van der Waals surface area (Å²) < 4.78 is 10.9. The number of nitrogens with one attached hydrogen (secondary N) is 1. The number of carbonyl (C=O) groups is 1. The highest BCUT2D eigenvalue weighted by Crippen LogP contribution is 2.25. The van der Waals surface area contributed by atoms with Crippen LogP contribution >= 0.6 is 0 Å². The highest BCUT2D eigenvalue weighted by Gasteiger charge is 2.12. The van der Waals surface area contributed by atoms with Crippen LogP contribution in [0.1, 0.15) is 23.1 Å². The van der Waals surface area contributed by atoms with Gasteiger partial charge in [-0.1, -0.05) is 30.3 Å². The molecule has 1 amide bonds. The molecule has 0 bridgehead atoms. The highest BCUT2D eigenvalue weighted by atomic mass is 16.5. The van der Waals surface area contributed by atoms with E-state index in [1.165, 1.54) is 5.56 Å². The van der Waals surface area contributed by atoms with Crippen molar-refractivity contribution in [1.82, 2.24) is 5.32 Å². The number of amides is 1. The Labute approximate surface area is 136 Å².